The van der Waals surface area contributed by atoms with Crippen LogP contribution in [0.2, 0.25) is 0 Å². The zero-order valence-corrected chi connectivity index (χ0v) is 19.2. The zero-order valence-electron chi connectivity index (χ0n) is 19.2. The number of hydrogen-bond donors (Lipinski definition) is 0. The Balaban J connectivity index is 1.63. The normalized spacial score (nSPS) is 26.3. The van der Waals surface area contributed by atoms with Crippen LogP contribution in [-0.4, -0.2) is 16.7 Å². The molecule has 6 heteroatoms. The first kappa shape index (κ1) is 20.8. The number of rotatable bonds is 3. The number of carbonyl (C=O) groups excluding carboxylic acids is 2. The van der Waals surface area contributed by atoms with E-state index in [-0.39, 0.29) is 29.1 Å². The van der Waals surface area contributed by atoms with Gasteiger partial charge in [0, 0.05) is 17.4 Å². The molecule has 2 bridgehead atoms. The van der Waals surface area contributed by atoms with Crippen molar-refractivity contribution in [3.63, 3.8) is 0 Å². The van der Waals surface area contributed by atoms with Crippen LogP contribution in [0.1, 0.15) is 52.6 Å². The highest BCUT2D eigenvalue weighted by atomic mass is 16.6. The summed E-state index contributed by atoms with van der Waals surface area (Å²) in [6.45, 7) is 5.69. The van der Waals surface area contributed by atoms with Gasteiger partial charge in [-0.05, 0) is 59.7 Å². The second-order valence-electron chi connectivity index (χ2n) is 9.67. The molecule has 0 aromatic heterocycles. The second-order valence-corrected chi connectivity index (χ2v) is 9.67. The Hall–Kier alpha value is -3.80. The Morgan fingerprint density at radius 3 is 2.03 bits per heavy atom. The third-order valence-corrected chi connectivity index (χ3v) is 8.38. The molecule has 34 heavy (non-hydrogen) atoms. The number of nitrogens with zero attached hydrogens (tertiary/aromatic N) is 2. The van der Waals surface area contributed by atoms with Crippen LogP contribution in [0.15, 0.2) is 60.7 Å². The first-order valence-corrected chi connectivity index (χ1v) is 11.6. The van der Waals surface area contributed by atoms with Crippen LogP contribution in [0.4, 0.5) is 11.4 Å². The van der Waals surface area contributed by atoms with Crippen molar-refractivity contribution >= 4 is 23.2 Å². The van der Waals surface area contributed by atoms with Gasteiger partial charge in [0.05, 0.1) is 16.8 Å². The monoisotopic (exact) mass is 452 g/mol. The highest BCUT2D eigenvalue weighted by Gasteiger charge is 2.67. The Morgan fingerprint density at radius 2 is 1.47 bits per heavy atom. The molecular formula is C28H24N2O4. The third-order valence-electron chi connectivity index (χ3n) is 8.38. The first-order valence-electron chi connectivity index (χ1n) is 11.6. The lowest BCUT2D eigenvalue weighted by atomic mass is 9.46. The highest BCUT2D eigenvalue weighted by Crippen LogP contribution is 2.65. The number of carbonyl (C=O) groups is 2. The van der Waals surface area contributed by atoms with Gasteiger partial charge in [0.2, 0.25) is 11.8 Å². The van der Waals surface area contributed by atoms with Crippen LogP contribution in [0, 0.1) is 35.8 Å². The van der Waals surface area contributed by atoms with E-state index in [0.29, 0.717) is 6.42 Å². The molecule has 1 heterocycles. The average Bonchev–Trinajstić information content (AvgIpc) is 3.11. The van der Waals surface area contributed by atoms with Crippen LogP contribution < -0.4 is 4.90 Å². The van der Waals surface area contributed by atoms with Crippen molar-refractivity contribution in [1.29, 1.82) is 0 Å². The lowest BCUT2D eigenvalue weighted by Crippen LogP contribution is -2.53. The van der Waals surface area contributed by atoms with Crippen molar-refractivity contribution in [2.24, 2.45) is 11.8 Å². The third kappa shape index (κ3) is 2.30. The van der Waals surface area contributed by atoms with E-state index < -0.39 is 22.2 Å². The van der Waals surface area contributed by atoms with E-state index in [1.807, 2.05) is 31.2 Å². The summed E-state index contributed by atoms with van der Waals surface area (Å²) in [6.07, 6.45) is 0.650. The Labute approximate surface area is 197 Å². The molecule has 3 aliphatic carbocycles. The number of hydrogen-bond acceptors (Lipinski definition) is 4. The molecule has 1 fully saturated rings. The molecule has 170 valence electrons. The van der Waals surface area contributed by atoms with Crippen molar-refractivity contribution < 1.29 is 14.5 Å². The van der Waals surface area contributed by atoms with Gasteiger partial charge in [0.1, 0.15) is 5.69 Å². The number of nitro groups is 1. The highest BCUT2D eigenvalue weighted by molar-refractivity contribution is 6.24. The van der Waals surface area contributed by atoms with Gasteiger partial charge >= 0.3 is 0 Å². The Kier molecular flexibility index (Phi) is 4.19. The van der Waals surface area contributed by atoms with Gasteiger partial charge in [-0.3, -0.25) is 19.7 Å². The van der Waals surface area contributed by atoms with Gasteiger partial charge in [0.15, 0.2) is 0 Å². The summed E-state index contributed by atoms with van der Waals surface area (Å²) in [5, 5.41) is 11.9. The van der Waals surface area contributed by atoms with E-state index in [1.54, 1.807) is 13.0 Å². The smallest absolute Gasteiger partial charge is 0.274 e. The number of imide groups is 1. The molecule has 3 aromatic rings. The molecule has 0 saturated carbocycles. The summed E-state index contributed by atoms with van der Waals surface area (Å²) in [4.78, 5) is 40.8. The van der Waals surface area contributed by atoms with E-state index in [4.69, 9.17) is 0 Å². The molecule has 0 unspecified atom stereocenters. The molecule has 3 aromatic carbocycles. The molecule has 7 rings (SSSR count). The Morgan fingerprint density at radius 1 is 0.912 bits per heavy atom. The molecule has 2 atom stereocenters. The largest absolute Gasteiger partial charge is 0.293 e. The first-order chi connectivity index (χ1) is 16.3. The maximum absolute atomic E-state index is 14.2. The number of aryl methyl sites for hydroxylation is 2. The van der Waals surface area contributed by atoms with Gasteiger partial charge in [-0.2, -0.15) is 0 Å². The summed E-state index contributed by atoms with van der Waals surface area (Å²) in [7, 11) is 0. The van der Waals surface area contributed by atoms with E-state index in [9.17, 15) is 19.7 Å². The van der Waals surface area contributed by atoms with Gasteiger partial charge in [-0.15, -0.1) is 0 Å². The number of anilines is 1. The topological polar surface area (TPSA) is 80.5 Å². The van der Waals surface area contributed by atoms with Crippen LogP contribution in [0.3, 0.4) is 0 Å². The van der Waals surface area contributed by atoms with Gasteiger partial charge in [-0.25, -0.2) is 4.90 Å². The zero-order chi connectivity index (χ0) is 23.9. The molecule has 1 aliphatic heterocycles. The van der Waals surface area contributed by atoms with Crippen molar-refractivity contribution in [3.8, 4) is 0 Å². The fourth-order valence-electron chi connectivity index (χ4n) is 6.88. The molecule has 0 radical (unpaired) electrons. The standard InChI is InChI=1S/C28H24N2O4/c1-4-28-19-11-7-5-9-17(19)23(18-10-6-8-12-20(18)28)24-25(28)27(32)29(26(24)31)21-13-15(2)16(3)14-22(21)30(33)34/h5-14,23-25H,4H2,1-3H3/t23?,24-,25+,28?/m0/s1. The minimum Gasteiger partial charge on any atom is -0.274 e. The van der Waals surface area contributed by atoms with Gasteiger partial charge in [0.25, 0.3) is 5.69 Å². The van der Waals surface area contributed by atoms with Gasteiger partial charge < -0.3 is 0 Å². The van der Waals surface area contributed by atoms with Crippen LogP contribution in [0.5, 0.6) is 0 Å². The summed E-state index contributed by atoms with van der Waals surface area (Å²) < 4.78 is 0. The fraction of sp³-hybridized carbons (Fsp3) is 0.286. The van der Waals surface area contributed by atoms with Crippen LogP contribution >= 0.6 is 0 Å². The fourth-order valence-corrected chi connectivity index (χ4v) is 6.88. The molecule has 0 spiro atoms. The van der Waals surface area contributed by atoms with E-state index >= 15 is 0 Å². The second kappa shape index (κ2) is 6.86. The minimum absolute atomic E-state index is 0.0799. The van der Waals surface area contributed by atoms with Crippen molar-refractivity contribution in [3.05, 3.63) is 104 Å². The predicted octanol–water partition coefficient (Wildman–Crippen LogP) is 5.17. The van der Waals surface area contributed by atoms with Crippen molar-refractivity contribution in [2.45, 2.75) is 38.5 Å². The van der Waals surface area contributed by atoms with E-state index in [1.165, 1.54) is 6.07 Å². The maximum Gasteiger partial charge on any atom is 0.293 e. The summed E-state index contributed by atoms with van der Waals surface area (Å²) in [5.41, 5.74) is 5.13. The quantitative estimate of drug-likeness (QED) is 0.312. The van der Waals surface area contributed by atoms with Crippen molar-refractivity contribution in [1.82, 2.24) is 0 Å². The lowest BCUT2D eigenvalue weighted by Gasteiger charge is -2.54. The van der Waals surface area contributed by atoms with Gasteiger partial charge in [-0.1, -0.05) is 55.5 Å². The summed E-state index contributed by atoms with van der Waals surface area (Å²) in [6, 6.07) is 19.3. The number of amides is 2. The molecule has 2 amide bonds. The predicted molar refractivity (Wildman–Crippen MR) is 128 cm³/mol. The maximum atomic E-state index is 14.2. The summed E-state index contributed by atoms with van der Waals surface area (Å²) >= 11 is 0. The number of benzene rings is 3. The SMILES string of the molecule is CCC12c3ccccc3C(c3ccccc31)[C@@H]1C(=O)N(c3cc(C)c(C)cc3[N+](=O)[O-])C(=O)[C@@H]12. The molecule has 1 saturated heterocycles. The van der Waals surface area contributed by atoms with Crippen LogP contribution in [-0.2, 0) is 15.0 Å². The minimum atomic E-state index is -0.650. The molecule has 4 aliphatic rings. The molecule has 0 N–H and O–H groups in total. The Bertz CT molecular complexity index is 1380. The van der Waals surface area contributed by atoms with E-state index in [2.05, 4.69) is 31.2 Å². The average molecular weight is 453 g/mol. The molecule has 6 nitrogen and oxygen atoms in total. The van der Waals surface area contributed by atoms with E-state index in [0.717, 1.165) is 38.3 Å². The van der Waals surface area contributed by atoms with Crippen LogP contribution in [0.25, 0.3) is 0 Å². The van der Waals surface area contributed by atoms with Crippen molar-refractivity contribution in [2.75, 3.05) is 4.90 Å². The number of nitro benzene ring substituents is 1. The molecular weight excluding hydrogens is 428 g/mol. The summed E-state index contributed by atoms with van der Waals surface area (Å²) in [5.74, 6) is -2.11. The lowest BCUT2D eigenvalue weighted by molar-refractivity contribution is -0.384.